The minimum atomic E-state index is -1.16. The normalized spacial score (nSPS) is 18.4. The van der Waals surface area contributed by atoms with Crippen LogP contribution < -0.4 is 5.32 Å². The number of nitrogens with zero attached hydrogens (tertiary/aromatic N) is 2. The SMILES string of the molecule is C=C(C(=O)NC(Cc1ccccc1)C(=O)O)[C@@H](OC)C1CCCN1C(=O)C[C@@H](OC)[C@H]([C@@H](C)CC)N(C)C(=O)CC(C)C. The Labute approximate surface area is 256 Å². The van der Waals surface area contributed by atoms with Gasteiger partial charge in [-0.2, -0.15) is 0 Å². The van der Waals surface area contributed by atoms with Crippen LogP contribution in [-0.2, 0) is 35.1 Å². The van der Waals surface area contributed by atoms with E-state index >= 15 is 0 Å². The fraction of sp³-hybridized carbons (Fsp3) is 0.636. The third-order valence-corrected chi connectivity index (χ3v) is 8.45. The van der Waals surface area contributed by atoms with Gasteiger partial charge >= 0.3 is 5.97 Å². The van der Waals surface area contributed by atoms with E-state index in [1.54, 1.807) is 36.1 Å². The van der Waals surface area contributed by atoms with Gasteiger partial charge in [0.05, 0.1) is 24.6 Å². The molecule has 3 amide bonds. The van der Waals surface area contributed by atoms with E-state index in [0.717, 1.165) is 18.4 Å². The van der Waals surface area contributed by atoms with Crippen LogP contribution in [0, 0.1) is 11.8 Å². The predicted octanol–water partition coefficient (Wildman–Crippen LogP) is 3.69. The Morgan fingerprint density at radius 3 is 2.28 bits per heavy atom. The summed E-state index contributed by atoms with van der Waals surface area (Å²) in [7, 11) is 4.80. The quantitative estimate of drug-likeness (QED) is 0.261. The van der Waals surface area contributed by atoms with Crippen LogP contribution >= 0.6 is 0 Å². The second kappa shape index (κ2) is 17.2. The lowest BCUT2D eigenvalue weighted by atomic mass is 9.90. The number of aliphatic carboxylic acids is 1. The molecule has 2 N–H and O–H groups in total. The van der Waals surface area contributed by atoms with Crippen molar-refractivity contribution in [3.8, 4) is 0 Å². The minimum Gasteiger partial charge on any atom is -0.480 e. The first kappa shape index (κ1) is 36.0. The number of nitrogens with one attached hydrogen (secondary N) is 1. The molecule has 0 radical (unpaired) electrons. The zero-order chi connectivity index (χ0) is 32.3. The summed E-state index contributed by atoms with van der Waals surface area (Å²) in [5.41, 5.74) is 0.836. The molecule has 0 aromatic heterocycles. The molecular weight excluding hydrogens is 550 g/mol. The van der Waals surface area contributed by atoms with Gasteiger partial charge in [0.15, 0.2) is 0 Å². The first-order valence-corrected chi connectivity index (χ1v) is 15.2. The molecule has 43 heavy (non-hydrogen) atoms. The molecule has 1 aliphatic rings. The monoisotopic (exact) mass is 601 g/mol. The molecule has 1 saturated heterocycles. The van der Waals surface area contributed by atoms with Crippen LogP contribution in [0.25, 0.3) is 0 Å². The summed E-state index contributed by atoms with van der Waals surface area (Å²) in [5.74, 6) is -1.62. The van der Waals surface area contributed by atoms with Crippen molar-refractivity contribution in [2.24, 2.45) is 11.8 Å². The number of methoxy groups -OCH3 is 2. The van der Waals surface area contributed by atoms with E-state index in [1.807, 2.05) is 32.0 Å². The van der Waals surface area contributed by atoms with E-state index in [-0.39, 0.29) is 48.1 Å². The van der Waals surface area contributed by atoms with Crippen molar-refractivity contribution >= 4 is 23.7 Å². The third kappa shape index (κ3) is 9.89. The van der Waals surface area contributed by atoms with Gasteiger partial charge in [-0.1, -0.05) is 71.0 Å². The van der Waals surface area contributed by atoms with Crippen molar-refractivity contribution < 1.29 is 33.8 Å². The molecule has 6 atom stereocenters. The summed E-state index contributed by atoms with van der Waals surface area (Å²) in [6.07, 6.45) is 1.38. The van der Waals surface area contributed by atoms with Gasteiger partial charge in [0.25, 0.3) is 0 Å². The fourth-order valence-electron chi connectivity index (χ4n) is 5.91. The predicted molar refractivity (Wildman–Crippen MR) is 165 cm³/mol. The summed E-state index contributed by atoms with van der Waals surface area (Å²) >= 11 is 0. The highest BCUT2D eigenvalue weighted by molar-refractivity contribution is 5.96. The number of benzene rings is 1. The molecule has 0 spiro atoms. The van der Waals surface area contributed by atoms with Crippen LogP contribution in [0.1, 0.15) is 65.4 Å². The summed E-state index contributed by atoms with van der Waals surface area (Å²) in [6.45, 7) is 12.5. The standard InChI is InChI=1S/C33H51N3O7/c1-9-22(4)30(35(6)28(37)18-21(2)3)27(42-7)20-29(38)36-17-13-16-26(36)31(43-8)23(5)32(39)34-25(33(40)41)19-24-14-11-10-12-15-24/h10-12,14-15,21-22,25-27,30-31H,5,9,13,16-20H2,1-4,6-8H3,(H,34,39)(H,40,41)/t22-,25?,26?,27+,30-,31+/m0/s1. The van der Waals surface area contributed by atoms with Crippen LogP contribution in [0.5, 0.6) is 0 Å². The number of ether oxygens (including phenoxy) is 2. The van der Waals surface area contributed by atoms with Crippen LogP contribution in [0.15, 0.2) is 42.5 Å². The van der Waals surface area contributed by atoms with Crippen molar-refractivity contribution in [2.45, 2.75) is 96.6 Å². The van der Waals surface area contributed by atoms with E-state index in [2.05, 4.69) is 25.7 Å². The van der Waals surface area contributed by atoms with E-state index in [4.69, 9.17) is 9.47 Å². The van der Waals surface area contributed by atoms with Crippen LogP contribution in [-0.4, -0.2) is 96.7 Å². The van der Waals surface area contributed by atoms with Gasteiger partial charge in [0.2, 0.25) is 17.7 Å². The highest BCUT2D eigenvalue weighted by atomic mass is 16.5. The molecule has 0 bridgehead atoms. The van der Waals surface area contributed by atoms with Crippen LogP contribution in [0.2, 0.25) is 0 Å². The maximum absolute atomic E-state index is 13.8. The third-order valence-electron chi connectivity index (χ3n) is 8.45. The zero-order valence-electron chi connectivity index (χ0n) is 26.9. The molecule has 10 nitrogen and oxygen atoms in total. The highest BCUT2D eigenvalue weighted by Gasteiger charge is 2.41. The number of likely N-dealkylation sites (N-methyl/N-ethyl adjacent to an activating group) is 1. The van der Waals surface area contributed by atoms with Crippen molar-refractivity contribution in [1.29, 1.82) is 0 Å². The molecule has 1 aromatic rings. The van der Waals surface area contributed by atoms with Gasteiger partial charge in [-0.3, -0.25) is 14.4 Å². The summed E-state index contributed by atoms with van der Waals surface area (Å²) in [5, 5.41) is 12.3. The Morgan fingerprint density at radius 1 is 1.09 bits per heavy atom. The smallest absolute Gasteiger partial charge is 0.326 e. The number of amides is 3. The molecular formula is C33H51N3O7. The number of hydrogen-bond donors (Lipinski definition) is 2. The maximum atomic E-state index is 13.8. The van der Waals surface area contributed by atoms with Crippen molar-refractivity contribution in [2.75, 3.05) is 27.8 Å². The van der Waals surface area contributed by atoms with Gasteiger partial charge in [-0.15, -0.1) is 0 Å². The van der Waals surface area contributed by atoms with E-state index in [9.17, 15) is 24.3 Å². The van der Waals surface area contributed by atoms with Gasteiger partial charge in [0.1, 0.15) is 12.1 Å². The number of carboxylic acids is 1. The molecule has 0 saturated carbocycles. The highest BCUT2D eigenvalue weighted by Crippen LogP contribution is 2.29. The summed E-state index contributed by atoms with van der Waals surface area (Å²) < 4.78 is 11.6. The van der Waals surface area contributed by atoms with Crippen LogP contribution in [0.3, 0.4) is 0 Å². The molecule has 10 heteroatoms. The molecule has 1 aliphatic heterocycles. The summed E-state index contributed by atoms with van der Waals surface area (Å²) in [4.78, 5) is 55.3. The van der Waals surface area contributed by atoms with Crippen molar-refractivity contribution in [1.82, 2.24) is 15.1 Å². The Bertz CT molecular complexity index is 1090. The zero-order valence-corrected chi connectivity index (χ0v) is 26.9. The van der Waals surface area contributed by atoms with E-state index in [1.165, 1.54) is 7.11 Å². The molecule has 2 rings (SSSR count). The largest absolute Gasteiger partial charge is 0.480 e. The number of carbonyl (C=O) groups excluding carboxylic acids is 3. The molecule has 2 unspecified atom stereocenters. The number of likely N-dealkylation sites (tertiary alicyclic amines) is 1. The molecule has 240 valence electrons. The second-order valence-corrected chi connectivity index (χ2v) is 12.0. The lowest BCUT2D eigenvalue weighted by Gasteiger charge is -2.39. The van der Waals surface area contributed by atoms with Gasteiger partial charge in [0, 0.05) is 46.2 Å². The van der Waals surface area contributed by atoms with Crippen molar-refractivity contribution in [3.05, 3.63) is 48.0 Å². The van der Waals surface area contributed by atoms with Gasteiger partial charge in [-0.25, -0.2) is 4.79 Å². The fourth-order valence-corrected chi connectivity index (χ4v) is 5.91. The minimum absolute atomic E-state index is 0.0162. The lowest BCUT2D eigenvalue weighted by Crippen LogP contribution is -2.52. The number of hydrogen-bond acceptors (Lipinski definition) is 6. The van der Waals surface area contributed by atoms with Gasteiger partial charge < -0.3 is 29.7 Å². The Morgan fingerprint density at radius 2 is 1.74 bits per heavy atom. The first-order valence-electron chi connectivity index (χ1n) is 15.2. The number of carbonyl (C=O) groups is 4. The molecule has 0 aliphatic carbocycles. The number of rotatable bonds is 17. The van der Waals surface area contributed by atoms with Crippen LogP contribution in [0.4, 0.5) is 0 Å². The summed E-state index contributed by atoms with van der Waals surface area (Å²) in [6, 6.07) is 7.16. The average Bonchev–Trinajstić information content (AvgIpc) is 3.46. The molecule has 1 heterocycles. The topological polar surface area (TPSA) is 125 Å². The molecule has 1 aromatic carbocycles. The average molecular weight is 602 g/mol. The van der Waals surface area contributed by atoms with Crippen molar-refractivity contribution in [3.63, 3.8) is 0 Å². The Hall–Kier alpha value is -3.24. The Balaban J connectivity index is 2.18. The lowest BCUT2D eigenvalue weighted by molar-refractivity contribution is -0.144. The van der Waals surface area contributed by atoms with E-state index < -0.39 is 36.2 Å². The van der Waals surface area contributed by atoms with E-state index in [0.29, 0.717) is 19.4 Å². The first-order chi connectivity index (χ1) is 20.4. The molecule has 1 fully saturated rings. The maximum Gasteiger partial charge on any atom is 0.326 e. The Kier molecular flexibility index (Phi) is 14.3. The van der Waals surface area contributed by atoms with Gasteiger partial charge in [-0.05, 0) is 30.2 Å². The number of carboxylic acid groups (broad SMARTS) is 1. The second-order valence-electron chi connectivity index (χ2n) is 12.0.